The fraction of sp³-hybridized carbons (Fsp3) is 0.375. The third-order valence-corrected chi connectivity index (χ3v) is 6.31. The summed E-state index contributed by atoms with van der Waals surface area (Å²) in [4.78, 5) is 38.7. The number of fused-ring (bicyclic) bond motifs is 3. The Labute approximate surface area is 195 Å². The Kier molecular flexibility index (Phi) is 5.74. The number of carbonyl (C=O) groups excluding carboxylic acids is 2. The van der Waals surface area contributed by atoms with E-state index in [-0.39, 0.29) is 37.7 Å². The molecule has 1 saturated heterocycles. The number of aliphatic carboxylic acids is 1. The second kappa shape index (κ2) is 8.86. The molecule has 0 unspecified atom stereocenters. The van der Waals surface area contributed by atoms with Crippen LogP contribution in [-0.4, -0.2) is 66.5 Å². The summed E-state index contributed by atoms with van der Waals surface area (Å²) in [7, 11) is 1.70. The van der Waals surface area contributed by atoms with Gasteiger partial charge in [0.25, 0.3) is 11.8 Å². The lowest BCUT2D eigenvalue weighted by Gasteiger charge is -2.42. The van der Waals surface area contributed by atoms with Crippen LogP contribution in [0.3, 0.4) is 0 Å². The van der Waals surface area contributed by atoms with Crippen LogP contribution in [0.2, 0.25) is 0 Å². The average Bonchev–Trinajstić information content (AvgIpc) is 3.29. The maximum atomic E-state index is 13.3. The quantitative estimate of drug-likeness (QED) is 0.702. The maximum absolute atomic E-state index is 13.3. The molecule has 0 radical (unpaired) electrons. The zero-order valence-electron chi connectivity index (χ0n) is 18.5. The van der Waals surface area contributed by atoms with Gasteiger partial charge in [0.05, 0.1) is 24.1 Å². The second-order valence-corrected chi connectivity index (χ2v) is 8.50. The molecule has 2 amide bonds. The number of carbonyl (C=O) groups is 3. The summed E-state index contributed by atoms with van der Waals surface area (Å²) in [5, 5.41) is 11.9. The molecule has 1 fully saturated rings. The minimum absolute atomic E-state index is 0.0795. The van der Waals surface area contributed by atoms with Crippen molar-refractivity contribution in [2.45, 2.75) is 37.5 Å². The van der Waals surface area contributed by atoms with Gasteiger partial charge in [-0.25, -0.2) is 0 Å². The number of carboxylic acids is 1. The molecule has 3 heterocycles. The van der Waals surface area contributed by atoms with Gasteiger partial charge in [0.15, 0.2) is 11.5 Å². The lowest BCUT2D eigenvalue weighted by Crippen LogP contribution is -2.53. The zero-order valence-corrected chi connectivity index (χ0v) is 18.5. The molecule has 2 aromatic carbocycles. The summed E-state index contributed by atoms with van der Waals surface area (Å²) in [5.74, 6) is -0.0607. The lowest BCUT2D eigenvalue weighted by atomic mass is 9.94. The summed E-state index contributed by atoms with van der Waals surface area (Å²) in [6.07, 6.45) is 0.251. The van der Waals surface area contributed by atoms with Crippen molar-refractivity contribution >= 4 is 23.5 Å². The molecule has 10 heteroatoms. The monoisotopic (exact) mass is 468 g/mol. The Bertz CT molecular complexity index is 1150. The van der Waals surface area contributed by atoms with Gasteiger partial charge in [0, 0.05) is 18.3 Å². The molecule has 2 N–H and O–H groups in total. The van der Waals surface area contributed by atoms with Crippen molar-refractivity contribution in [3.05, 3.63) is 47.5 Å². The van der Waals surface area contributed by atoms with E-state index in [0.717, 1.165) is 0 Å². The standard InChI is InChI=1S/C24H24N2O8/c1-26-17-5-4-15(10-22(27)28)34-21(17)11-31-18-7-3-14(9-16(18)24(26)30)25-23(29)13-2-6-19-20(8-13)33-12-32-19/h2-3,6-9,15,17,21H,4-5,10-12H2,1H3,(H,25,29)(H,27,28)/t15-,17-,21+/m0/s1. The smallest absolute Gasteiger partial charge is 0.305 e. The third kappa shape index (κ3) is 4.24. The summed E-state index contributed by atoms with van der Waals surface area (Å²) < 4.78 is 22.5. The van der Waals surface area contributed by atoms with E-state index in [1.165, 1.54) is 0 Å². The Balaban J connectivity index is 1.34. The van der Waals surface area contributed by atoms with Crippen molar-refractivity contribution < 1.29 is 38.4 Å². The molecule has 0 saturated carbocycles. The van der Waals surface area contributed by atoms with E-state index in [9.17, 15) is 14.4 Å². The van der Waals surface area contributed by atoms with Crippen molar-refractivity contribution in [1.29, 1.82) is 0 Å². The number of nitrogens with zero attached hydrogens (tertiary/aromatic N) is 1. The second-order valence-electron chi connectivity index (χ2n) is 8.50. The number of benzene rings is 2. The number of anilines is 1. The molecule has 3 atom stereocenters. The Morgan fingerprint density at radius 1 is 1.06 bits per heavy atom. The van der Waals surface area contributed by atoms with Gasteiger partial charge in [-0.2, -0.15) is 0 Å². The zero-order chi connectivity index (χ0) is 23.8. The van der Waals surface area contributed by atoms with Gasteiger partial charge in [-0.3, -0.25) is 14.4 Å². The van der Waals surface area contributed by atoms with Crippen LogP contribution in [0.1, 0.15) is 40.0 Å². The molecular weight excluding hydrogens is 444 g/mol. The number of carboxylic acid groups (broad SMARTS) is 1. The van der Waals surface area contributed by atoms with E-state index < -0.39 is 18.2 Å². The number of amides is 2. The third-order valence-electron chi connectivity index (χ3n) is 6.31. The van der Waals surface area contributed by atoms with E-state index >= 15 is 0 Å². The fourth-order valence-corrected chi connectivity index (χ4v) is 4.54. The molecule has 0 aromatic heterocycles. The van der Waals surface area contributed by atoms with Crippen LogP contribution < -0.4 is 19.5 Å². The fourth-order valence-electron chi connectivity index (χ4n) is 4.54. The number of hydrogen-bond acceptors (Lipinski definition) is 7. The highest BCUT2D eigenvalue weighted by atomic mass is 16.7. The van der Waals surface area contributed by atoms with Crippen molar-refractivity contribution in [1.82, 2.24) is 4.90 Å². The van der Waals surface area contributed by atoms with Crippen LogP contribution >= 0.6 is 0 Å². The topological polar surface area (TPSA) is 124 Å². The van der Waals surface area contributed by atoms with Crippen molar-refractivity contribution in [3.8, 4) is 17.2 Å². The van der Waals surface area contributed by atoms with Crippen LogP contribution in [0.4, 0.5) is 5.69 Å². The molecule has 10 nitrogen and oxygen atoms in total. The largest absolute Gasteiger partial charge is 0.490 e. The van der Waals surface area contributed by atoms with Crippen molar-refractivity contribution in [3.63, 3.8) is 0 Å². The average molecular weight is 468 g/mol. The van der Waals surface area contributed by atoms with Gasteiger partial charge in [-0.1, -0.05) is 0 Å². The minimum atomic E-state index is -0.916. The van der Waals surface area contributed by atoms with Crippen LogP contribution in [0.15, 0.2) is 36.4 Å². The summed E-state index contributed by atoms with van der Waals surface area (Å²) >= 11 is 0. The number of nitrogens with one attached hydrogen (secondary N) is 1. The first-order valence-electron chi connectivity index (χ1n) is 11.0. The molecule has 0 bridgehead atoms. The van der Waals surface area contributed by atoms with Gasteiger partial charge in [-0.15, -0.1) is 0 Å². The number of ether oxygens (including phenoxy) is 4. The molecule has 0 spiro atoms. The molecule has 5 rings (SSSR count). The summed E-state index contributed by atoms with van der Waals surface area (Å²) in [5.41, 5.74) is 1.18. The van der Waals surface area contributed by atoms with E-state index in [0.29, 0.717) is 46.9 Å². The van der Waals surface area contributed by atoms with Gasteiger partial charge in [-0.05, 0) is 49.2 Å². The first-order valence-corrected chi connectivity index (χ1v) is 11.0. The molecule has 3 aliphatic rings. The number of hydrogen-bond donors (Lipinski definition) is 2. The predicted molar refractivity (Wildman–Crippen MR) is 118 cm³/mol. The summed E-state index contributed by atoms with van der Waals surface area (Å²) in [6.45, 7) is 0.308. The van der Waals surface area contributed by atoms with Crippen molar-refractivity contribution in [2.24, 2.45) is 0 Å². The Morgan fingerprint density at radius 3 is 2.68 bits per heavy atom. The van der Waals surface area contributed by atoms with Gasteiger partial charge >= 0.3 is 5.97 Å². The summed E-state index contributed by atoms with van der Waals surface area (Å²) in [6, 6.07) is 9.56. The minimum Gasteiger partial charge on any atom is -0.490 e. The SMILES string of the molecule is CN1C(=O)c2cc(NC(=O)c3ccc4c(c3)OCO4)ccc2OC[C@H]2O[C@H](CC(=O)O)CC[C@@H]21. The normalized spacial score (nSPS) is 23.1. The Hall–Kier alpha value is -3.79. The first-order chi connectivity index (χ1) is 16.4. The first kappa shape index (κ1) is 22.0. The Morgan fingerprint density at radius 2 is 1.85 bits per heavy atom. The van der Waals surface area contributed by atoms with Crippen LogP contribution in [0, 0.1) is 0 Å². The van der Waals surface area contributed by atoms with E-state index in [1.807, 2.05) is 0 Å². The predicted octanol–water partition coefficient (Wildman–Crippen LogP) is 2.52. The highest BCUT2D eigenvalue weighted by Crippen LogP contribution is 2.34. The van der Waals surface area contributed by atoms with E-state index in [1.54, 1.807) is 48.3 Å². The van der Waals surface area contributed by atoms with Crippen LogP contribution in [-0.2, 0) is 9.53 Å². The number of rotatable bonds is 4. The van der Waals surface area contributed by atoms with Crippen LogP contribution in [0.5, 0.6) is 17.2 Å². The van der Waals surface area contributed by atoms with E-state index in [2.05, 4.69) is 5.32 Å². The van der Waals surface area contributed by atoms with Crippen LogP contribution in [0.25, 0.3) is 0 Å². The van der Waals surface area contributed by atoms with Gasteiger partial charge < -0.3 is 34.3 Å². The van der Waals surface area contributed by atoms with Gasteiger partial charge in [0.1, 0.15) is 18.5 Å². The molecule has 3 aliphatic heterocycles. The molecule has 178 valence electrons. The van der Waals surface area contributed by atoms with E-state index in [4.69, 9.17) is 24.1 Å². The molecular formula is C24H24N2O8. The van der Waals surface area contributed by atoms with Gasteiger partial charge in [0.2, 0.25) is 6.79 Å². The molecule has 34 heavy (non-hydrogen) atoms. The molecule has 0 aliphatic carbocycles. The highest BCUT2D eigenvalue weighted by Gasteiger charge is 2.39. The number of likely N-dealkylation sites (N-methyl/N-ethyl adjacent to an activating group) is 1. The highest BCUT2D eigenvalue weighted by molar-refractivity contribution is 6.06. The lowest BCUT2D eigenvalue weighted by molar-refractivity contribution is -0.148. The molecule has 2 aromatic rings. The maximum Gasteiger partial charge on any atom is 0.305 e. The van der Waals surface area contributed by atoms with Crippen molar-refractivity contribution in [2.75, 3.05) is 25.8 Å².